The Hall–Kier alpha value is -1.92. The van der Waals surface area contributed by atoms with Gasteiger partial charge < -0.3 is 9.84 Å². The van der Waals surface area contributed by atoms with Crippen molar-refractivity contribution in [3.63, 3.8) is 0 Å². The minimum atomic E-state index is -3.65. The third-order valence-electron chi connectivity index (χ3n) is 6.06. The van der Waals surface area contributed by atoms with Crippen molar-refractivity contribution in [1.29, 1.82) is 0 Å². The molecule has 0 bridgehead atoms. The van der Waals surface area contributed by atoms with Gasteiger partial charge in [0, 0.05) is 11.8 Å². The van der Waals surface area contributed by atoms with Gasteiger partial charge in [-0.2, -0.15) is 0 Å². The third kappa shape index (κ3) is 4.05. The van der Waals surface area contributed by atoms with Gasteiger partial charge in [-0.3, -0.25) is 0 Å². The molecule has 0 saturated heterocycles. The van der Waals surface area contributed by atoms with Crippen molar-refractivity contribution in [2.45, 2.75) is 61.7 Å². The van der Waals surface area contributed by atoms with Crippen LogP contribution in [-0.2, 0) is 9.84 Å². The molecule has 1 aliphatic rings. The van der Waals surface area contributed by atoms with E-state index < -0.39 is 33.0 Å². The number of sulfone groups is 1. The van der Waals surface area contributed by atoms with Gasteiger partial charge in [-0.25, -0.2) is 12.8 Å². The number of aliphatic hydroxyl groups excluding tert-OH is 1. The zero-order valence-corrected chi connectivity index (χ0v) is 18.0. The van der Waals surface area contributed by atoms with Crippen LogP contribution in [0.2, 0.25) is 0 Å². The second-order valence-electron chi connectivity index (χ2n) is 7.72. The Labute approximate surface area is 172 Å². The Morgan fingerprint density at radius 2 is 1.79 bits per heavy atom. The highest BCUT2D eigenvalue weighted by molar-refractivity contribution is 7.92. The smallest absolute Gasteiger partial charge is 0.181 e. The molecule has 1 N–H and O–H groups in total. The number of benzene rings is 2. The summed E-state index contributed by atoms with van der Waals surface area (Å²) < 4.78 is 46.2. The van der Waals surface area contributed by atoms with Gasteiger partial charge in [0.1, 0.15) is 11.6 Å². The highest BCUT2D eigenvalue weighted by Crippen LogP contribution is 2.45. The zero-order chi connectivity index (χ0) is 21.2. The van der Waals surface area contributed by atoms with Gasteiger partial charge in [-0.05, 0) is 54.3 Å². The quantitative estimate of drug-likeness (QED) is 0.736. The van der Waals surface area contributed by atoms with E-state index in [2.05, 4.69) is 0 Å². The van der Waals surface area contributed by atoms with Crippen molar-refractivity contribution in [2.24, 2.45) is 5.92 Å². The van der Waals surface area contributed by atoms with Crippen molar-refractivity contribution in [3.8, 4) is 5.75 Å². The molecule has 0 aromatic heterocycles. The van der Waals surface area contributed by atoms with E-state index in [9.17, 15) is 17.9 Å². The van der Waals surface area contributed by atoms with Crippen LogP contribution < -0.4 is 4.74 Å². The van der Waals surface area contributed by atoms with Crippen molar-refractivity contribution in [1.82, 2.24) is 0 Å². The molecule has 1 aliphatic heterocycles. The fourth-order valence-electron chi connectivity index (χ4n) is 4.53. The van der Waals surface area contributed by atoms with E-state index in [1.807, 2.05) is 13.8 Å². The SMILES string of the molecule is CCCCC1C(CC)C(O)C(c2ccc(F)cc2)c2cc(OC)ccc2S1(=O)=O. The molecule has 158 valence electrons. The summed E-state index contributed by atoms with van der Waals surface area (Å²) in [6, 6.07) is 10.9. The first-order valence-electron chi connectivity index (χ1n) is 10.2. The molecule has 0 fully saturated rings. The Morgan fingerprint density at radius 1 is 1.10 bits per heavy atom. The summed E-state index contributed by atoms with van der Waals surface area (Å²) in [4.78, 5) is 0.240. The summed E-state index contributed by atoms with van der Waals surface area (Å²) in [7, 11) is -2.13. The first kappa shape index (κ1) is 21.8. The minimum Gasteiger partial charge on any atom is -0.497 e. The molecule has 4 nitrogen and oxygen atoms in total. The largest absolute Gasteiger partial charge is 0.497 e. The monoisotopic (exact) mass is 420 g/mol. The van der Waals surface area contributed by atoms with Crippen molar-refractivity contribution in [2.75, 3.05) is 7.11 Å². The molecule has 4 unspecified atom stereocenters. The lowest BCUT2D eigenvalue weighted by Gasteiger charge is -2.31. The molecule has 2 aromatic carbocycles. The molecule has 0 spiro atoms. The van der Waals surface area contributed by atoms with Gasteiger partial charge >= 0.3 is 0 Å². The summed E-state index contributed by atoms with van der Waals surface area (Å²) >= 11 is 0. The summed E-state index contributed by atoms with van der Waals surface area (Å²) in [6.07, 6.45) is 1.80. The lowest BCUT2D eigenvalue weighted by Crippen LogP contribution is -2.37. The van der Waals surface area contributed by atoms with Gasteiger partial charge in [0.2, 0.25) is 0 Å². The van der Waals surface area contributed by atoms with Crippen LogP contribution in [0.4, 0.5) is 4.39 Å². The predicted molar refractivity (Wildman–Crippen MR) is 112 cm³/mol. The van der Waals surface area contributed by atoms with Gasteiger partial charge in [0.05, 0.1) is 23.4 Å². The lowest BCUT2D eigenvalue weighted by atomic mass is 9.78. The van der Waals surface area contributed by atoms with Crippen LogP contribution in [0.25, 0.3) is 0 Å². The van der Waals surface area contributed by atoms with E-state index in [0.717, 1.165) is 12.8 Å². The highest BCUT2D eigenvalue weighted by atomic mass is 32.2. The number of methoxy groups -OCH3 is 1. The summed E-state index contributed by atoms with van der Waals surface area (Å²) in [6.45, 7) is 3.95. The lowest BCUT2D eigenvalue weighted by molar-refractivity contribution is 0.0860. The topological polar surface area (TPSA) is 63.6 Å². The van der Waals surface area contributed by atoms with Crippen LogP contribution >= 0.6 is 0 Å². The van der Waals surface area contributed by atoms with Gasteiger partial charge in [0.15, 0.2) is 9.84 Å². The number of ether oxygens (including phenoxy) is 1. The average Bonchev–Trinajstić information content (AvgIpc) is 2.78. The Balaban J connectivity index is 2.27. The molecule has 4 atom stereocenters. The van der Waals surface area contributed by atoms with E-state index in [-0.39, 0.29) is 10.7 Å². The second-order valence-corrected chi connectivity index (χ2v) is 9.86. The van der Waals surface area contributed by atoms with Crippen LogP contribution in [0.15, 0.2) is 47.4 Å². The van der Waals surface area contributed by atoms with Crippen LogP contribution in [0, 0.1) is 11.7 Å². The molecule has 3 rings (SSSR count). The molecule has 0 saturated carbocycles. The molecule has 2 aromatic rings. The summed E-state index contributed by atoms with van der Waals surface area (Å²) in [5.41, 5.74) is 1.21. The molecule has 6 heteroatoms. The van der Waals surface area contributed by atoms with E-state index >= 15 is 0 Å². The fourth-order valence-corrected chi connectivity index (χ4v) is 6.91. The number of hydrogen-bond donors (Lipinski definition) is 1. The number of aliphatic hydroxyl groups is 1. The van der Waals surface area contributed by atoms with Crippen LogP contribution in [-0.4, -0.2) is 32.0 Å². The first-order chi connectivity index (χ1) is 13.8. The number of halogens is 1. The molecule has 0 radical (unpaired) electrons. The normalized spacial score (nSPS) is 25.8. The summed E-state index contributed by atoms with van der Waals surface area (Å²) in [5, 5.41) is 10.8. The Morgan fingerprint density at radius 3 is 2.38 bits per heavy atom. The van der Waals surface area contributed by atoms with Crippen LogP contribution in [0.1, 0.15) is 56.6 Å². The molecule has 0 aliphatic carbocycles. The van der Waals surface area contributed by atoms with Crippen molar-refractivity contribution in [3.05, 3.63) is 59.4 Å². The van der Waals surface area contributed by atoms with E-state index in [1.165, 1.54) is 19.2 Å². The standard InChI is InChI=1S/C23H29FO4S/c1-4-6-7-20-18(5-2)23(25)22(15-8-10-16(24)11-9-15)19-14-17(28-3)12-13-21(19)29(20,26)27/h8-14,18,20,22-23,25H,4-7H2,1-3H3. The molecule has 29 heavy (non-hydrogen) atoms. The van der Waals surface area contributed by atoms with Gasteiger partial charge in [-0.15, -0.1) is 0 Å². The van der Waals surface area contributed by atoms with Crippen molar-refractivity contribution < 1.29 is 22.7 Å². The number of hydrogen-bond acceptors (Lipinski definition) is 4. The van der Waals surface area contributed by atoms with Gasteiger partial charge in [0.25, 0.3) is 0 Å². The minimum absolute atomic E-state index is 0.240. The van der Waals surface area contributed by atoms with E-state index in [1.54, 1.807) is 30.3 Å². The molecular formula is C23H29FO4S. The predicted octanol–water partition coefficient (Wildman–Crippen LogP) is 4.70. The maximum absolute atomic E-state index is 13.7. The Kier molecular flexibility index (Phi) is 6.64. The third-order valence-corrected chi connectivity index (χ3v) is 8.42. The Bertz CT molecular complexity index is 940. The number of unbranched alkanes of at least 4 members (excludes halogenated alkanes) is 1. The number of rotatable bonds is 6. The molecular weight excluding hydrogens is 391 g/mol. The fraction of sp³-hybridized carbons (Fsp3) is 0.478. The van der Waals surface area contributed by atoms with Crippen LogP contribution in [0.3, 0.4) is 0 Å². The van der Waals surface area contributed by atoms with E-state index in [4.69, 9.17) is 4.74 Å². The maximum Gasteiger partial charge on any atom is 0.181 e. The van der Waals surface area contributed by atoms with Crippen LogP contribution in [0.5, 0.6) is 5.75 Å². The van der Waals surface area contributed by atoms with Crippen molar-refractivity contribution >= 4 is 9.84 Å². The molecule has 0 amide bonds. The number of fused-ring (bicyclic) bond motifs is 1. The van der Waals surface area contributed by atoms with Gasteiger partial charge in [-0.1, -0.05) is 38.8 Å². The average molecular weight is 421 g/mol. The second kappa shape index (κ2) is 8.84. The summed E-state index contributed by atoms with van der Waals surface area (Å²) in [5.74, 6) is -0.839. The zero-order valence-electron chi connectivity index (χ0n) is 17.1. The first-order valence-corrected chi connectivity index (χ1v) is 11.7. The highest BCUT2D eigenvalue weighted by Gasteiger charge is 2.46. The molecule has 1 heterocycles. The maximum atomic E-state index is 13.7. The van der Waals surface area contributed by atoms with E-state index in [0.29, 0.717) is 29.7 Å².